The lowest BCUT2D eigenvalue weighted by Crippen LogP contribution is -2.13. The van der Waals surface area contributed by atoms with Gasteiger partial charge in [-0.25, -0.2) is 9.97 Å². The van der Waals surface area contributed by atoms with Crippen LogP contribution in [-0.2, 0) is 6.42 Å². The summed E-state index contributed by atoms with van der Waals surface area (Å²) in [5.74, 6) is -1.12. The molecule has 0 saturated carbocycles. The summed E-state index contributed by atoms with van der Waals surface area (Å²) in [5, 5.41) is 25.4. The fourth-order valence-electron chi connectivity index (χ4n) is 5.82. The Morgan fingerprint density at radius 2 is 1.38 bits per heavy atom. The maximum Gasteiger partial charge on any atom is 0.212 e. The second-order valence-corrected chi connectivity index (χ2v) is 9.67. The summed E-state index contributed by atoms with van der Waals surface area (Å²) in [4.78, 5) is 16.0. The molecule has 7 rings (SSSR count). The highest BCUT2D eigenvalue weighted by atomic mass is 19.1. The molecule has 4 aromatic carbocycles. The van der Waals surface area contributed by atoms with E-state index in [4.69, 9.17) is 0 Å². The van der Waals surface area contributed by atoms with Gasteiger partial charge in [0.1, 0.15) is 0 Å². The minimum Gasteiger partial charge on any atom is -0.228 e. The molecule has 0 aliphatic heterocycles. The molecule has 1 aliphatic carbocycles. The number of hydrogen-bond donors (Lipinski definition) is 0. The molecule has 0 radical (unpaired) electrons. The molecule has 40 heavy (non-hydrogen) atoms. The van der Waals surface area contributed by atoms with Gasteiger partial charge in [0.05, 0.1) is 10.7 Å². The lowest BCUT2D eigenvalue weighted by molar-refractivity contribution is 0.581. The van der Waals surface area contributed by atoms with Crippen LogP contribution < -0.4 is 10.7 Å². The van der Waals surface area contributed by atoms with Crippen molar-refractivity contribution in [3.63, 3.8) is 0 Å². The first-order valence-corrected chi connectivity index (χ1v) is 12.5. The first kappa shape index (κ1) is 23.5. The van der Waals surface area contributed by atoms with E-state index in [0.717, 1.165) is 60.1 Å². The fraction of sp³-hybridized carbons (Fsp3) is 0.0625. The molecule has 1 unspecified atom stereocenters. The zero-order valence-corrected chi connectivity index (χ0v) is 20.7. The van der Waals surface area contributed by atoms with Gasteiger partial charge >= 0.3 is 0 Å². The van der Waals surface area contributed by atoms with Crippen molar-refractivity contribution in [1.29, 1.82) is 10.5 Å². The number of benzene rings is 2. The molecule has 8 heteroatoms. The van der Waals surface area contributed by atoms with E-state index in [1.54, 1.807) is 12.1 Å². The SMILES string of the molecule is N#CN=c1c2c(c3cc4c(=NC#N)c5cc(-c6ccc(F)nc6)ccc5c4cc13)C=CC(c1ccc(F)nc1)C2. The molecule has 6 aromatic rings. The number of pyridine rings is 2. The second-order valence-electron chi connectivity index (χ2n) is 9.67. The first-order chi connectivity index (χ1) is 19.6. The molecule has 2 aromatic heterocycles. The molecular formula is C32H16F2N6. The quantitative estimate of drug-likeness (QED) is 0.210. The van der Waals surface area contributed by atoms with E-state index < -0.39 is 11.9 Å². The number of aromatic nitrogens is 2. The van der Waals surface area contributed by atoms with Crippen molar-refractivity contribution in [2.75, 3.05) is 0 Å². The molecule has 1 atom stereocenters. The van der Waals surface area contributed by atoms with Gasteiger partial charge in [0.2, 0.25) is 24.3 Å². The molecule has 0 saturated heterocycles. The number of rotatable bonds is 2. The third-order valence-corrected chi connectivity index (χ3v) is 7.62. The Morgan fingerprint density at radius 1 is 0.700 bits per heavy atom. The number of nitriles is 2. The average molecular weight is 523 g/mol. The van der Waals surface area contributed by atoms with E-state index in [1.807, 2.05) is 48.8 Å². The van der Waals surface area contributed by atoms with Gasteiger partial charge in [-0.05, 0) is 81.2 Å². The smallest absolute Gasteiger partial charge is 0.212 e. The highest BCUT2D eigenvalue weighted by molar-refractivity contribution is 6.17. The van der Waals surface area contributed by atoms with Crippen LogP contribution in [0.4, 0.5) is 8.78 Å². The highest BCUT2D eigenvalue weighted by Crippen LogP contribution is 2.37. The lowest BCUT2D eigenvalue weighted by Gasteiger charge is -2.17. The number of fused-ring (bicyclic) bond motifs is 6. The Bertz CT molecular complexity index is 2230. The van der Waals surface area contributed by atoms with E-state index in [1.165, 1.54) is 24.5 Å². The Morgan fingerprint density at radius 3 is 2.10 bits per heavy atom. The summed E-state index contributed by atoms with van der Waals surface area (Å²) in [5.41, 5.74) is 4.35. The zero-order valence-electron chi connectivity index (χ0n) is 20.7. The zero-order chi connectivity index (χ0) is 27.4. The Balaban J connectivity index is 1.48. The van der Waals surface area contributed by atoms with E-state index in [0.29, 0.717) is 17.1 Å². The largest absolute Gasteiger partial charge is 0.228 e. The van der Waals surface area contributed by atoms with Gasteiger partial charge in [0.25, 0.3) is 0 Å². The standard InChI is InChI=1S/C32H16F2N6/c33-29-7-3-19(13-37-29)17-1-5-21-23-11-28-24(12-27(23)31(39-15-35)25(21)9-17)22-6-2-18(10-26(22)32(28)40-16-36)20-4-8-30(34)38-14-20/h1-9,11-14,18H,10H2. The van der Waals surface area contributed by atoms with Crippen molar-refractivity contribution >= 4 is 38.4 Å². The number of allylic oxidation sites excluding steroid dienone is 1. The van der Waals surface area contributed by atoms with Crippen LogP contribution in [0.25, 0.3) is 49.5 Å². The van der Waals surface area contributed by atoms with Crippen LogP contribution in [0.3, 0.4) is 0 Å². The molecular weight excluding hydrogens is 506 g/mol. The van der Waals surface area contributed by atoms with Crippen LogP contribution in [0.2, 0.25) is 0 Å². The molecule has 0 spiro atoms. The van der Waals surface area contributed by atoms with Crippen molar-refractivity contribution in [3.8, 4) is 23.5 Å². The van der Waals surface area contributed by atoms with Gasteiger partial charge in [-0.3, -0.25) is 0 Å². The van der Waals surface area contributed by atoms with Crippen LogP contribution in [-0.4, -0.2) is 9.97 Å². The topological polar surface area (TPSA) is 98.1 Å². The van der Waals surface area contributed by atoms with E-state index in [9.17, 15) is 19.3 Å². The molecule has 6 nitrogen and oxygen atoms in total. The Kier molecular flexibility index (Phi) is 5.29. The van der Waals surface area contributed by atoms with Gasteiger partial charge in [-0.15, -0.1) is 0 Å². The van der Waals surface area contributed by atoms with Gasteiger partial charge in [0.15, 0.2) is 0 Å². The normalized spacial score (nSPS) is 15.6. The first-order valence-electron chi connectivity index (χ1n) is 12.5. The summed E-state index contributed by atoms with van der Waals surface area (Å²) in [6.45, 7) is 0. The maximum atomic E-state index is 13.4. The average Bonchev–Trinajstić information content (AvgIpc) is 3.44. The molecule has 188 valence electrons. The Hall–Kier alpha value is -5.60. The van der Waals surface area contributed by atoms with E-state index in [2.05, 4.69) is 26.0 Å². The van der Waals surface area contributed by atoms with Crippen molar-refractivity contribution in [3.05, 3.63) is 112 Å². The van der Waals surface area contributed by atoms with Crippen LogP contribution in [0, 0.1) is 34.8 Å². The van der Waals surface area contributed by atoms with Gasteiger partial charge in [-0.1, -0.05) is 30.4 Å². The van der Waals surface area contributed by atoms with Crippen molar-refractivity contribution in [1.82, 2.24) is 9.97 Å². The summed E-state index contributed by atoms with van der Waals surface area (Å²) in [6.07, 6.45) is 11.6. The fourth-order valence-corrected chi connectivity index (χ4v) is 5.82. The van der Waals surface area contributed by atoms with Gasteiger partial charge in [0, 0.05) is 40.0 Å². The third-order valence-electron chi connectivity index (χ3n) is 7.62. The molecule has 0 fully saturated rings. The minimum atomic E-state index is -0.556. The van der Waals surface area contributed by atoms with Gasteiger partial charge < -0.3 is 0 Å². The van der Waals surface area contributed by atoms with Crippen molar-refractivity contribution in [2.45, 2.75) is 12.3 Å². The van der Waals surface area contributed by atoms with Crippen LogP contribution in [0.5, 0.6) is 0 Å². The van der Waals surface area contributed by atoms with E-state index in [-0.39, 0.29) is 5.92 Å². The molecule has 2 heterocycles. The summed E-state index contributed by atoms with van der Waals surface area (Å²) in [6, 6.07) is 15.9. The number of nitrogens with zero attached hydrogens (tertiary/aromatic N) is 6. The van der Waals surface area contributed by atoms with Crippen molar-refractivity contribution in [2.24, 2.45) is 9.98 Å². The Labute approximate surface area is 225 Å². The van der Waals surface area contributed by atoms with Crippen LogP contribution in [0.1, 0.15) is 22.6 Å². The second kappa shape index (κ2) is 9.00. The summed E-state index contributed by atoms with van der Waals surface area (Å²) in [7, 11) is 0. The minimum absolute atomic E-state index is 0.0345. The van der Waals surface area contributed by atoms with Crippen molar-refractivity contribution < 1.29 is 8.78 Å². The lowest BCUT2D eigenvalue weighted by atomic mass is 9.87. The maximum absolute atomic E-state index is 13.4. The number of hydrogen-bond acceptors (Lipinski definition) is 6. The predicted octanol–water partition coefficient (Wildman–Crippen LogP) is 5.87. The van der Waals surface area contributed by atoms with E-state index >= 15 is 0 Å². The van der Waals surface area contributed by atoms with Crippen LogP contribution >= 0.6 is 0 Å². The molecule has 0 N–H and O–H groups in total. The summed E-state index contributed by atoms with van der Waals surface area (Å²) < 4.78 is 26.8. The highest BCUT2D eigenvalue weighted by Gasteiger charge is 2.24. The van der Waals surface area contributed by atoms with Gasteiger partial charge in [-0.2, -0.15) is 29.3 Å². The molecule has 0 amide bonds. The molecule has 0 bridgehead atoms. The molecule has 1 aliphatic rings. The predicted molar refractivity (Wildman–Crippen MR) is 147 cm³/mol. The monoisotopic (exact) mass is 522 g/mol. The number of halogens is 2. The van der Waals surface area contributed by atoms with Crippen LogP contribution in [0.15, 0.2) is 83.1 Å². The third kappa shape index (κ3) is 3.58. The summed E-state index contributed by atoms with van der Waals surface area (Å²) >= 11 is 0.